The Kier molecular flexibility index (Phi) is 2.47. The van der Waals surface area contributed by atoms with E-state index in [0.29, 0.717) is 0 Å². The third kappa shape index (κ3) is 1.54. The zero-order valence-electron chi connectivity index (χ0n) is 7.37. The number of aliphatic hydroxyl groups is 1. The molecule has 2 aliphatic rings. The Morgan fingerprint density at radius 1 is 1.33 bits per heavy atom. The Hall–Kier alpha value is -0.340. The van der Waals surface area contributed by atoms with E-state index in [4.69, 9.17) is 5.11 Å². The summed E-state index contributed by atoms with van der Waals surface area (Å²) in [5, 5.41) is 11.9. The van der Waals surface area contributed by atoms with Crippen molar-refractivity contribution < 1.29 is 5.11 Å². The number of aliphatic hydroxyl groups excluding tert-OH is 1. The third-order valence-corrected chi connectivity index (χ3v) is 3.11. The van der Waals surface area contributed by atoms with Gasteiger partial charge < -0.3 is 10.4 Å². The average molecular weight is 167 g/mol. The molecule has 0 aliphatic heterocycles. The Morgan fingerprint density at radius 3 is 2.83 bits per heavy atom. The summed E-state index contributed by atoms with van der Waals surface area (Å²) >= 11 is 0. The minimum Gasteiger partial charge on any atom is -0.395 e. The van der Waals surface area contributed by atoms with Gasteiger partial charge in [-0.25, -0.2) is 0 Å². The van der Waals surface area contributed by atoms with E-state index in [9.17, 15) is 0 Å². The molecule has 0 aromatic rings. The van der Waals surface area contributed by atoms with Crippen LogP contribution in [0.25, 0.3) is 0 Å². The first-order valence-corrected chi connectivity index (χ1v) is 4.90. The molecule has 0 aromatic carbocycles. The molecule has 2 nitrogen and oxygen atoms in total. The summed E-state index contributed by atoms with van der Waals surface area (Å²) < 4.78 is 0. The Morgan fingerprint density at radius 2 is 2.25 bits per heavy atom. The predicted octanol–water partition coefficient (Wildman–Crippen LogP) is 0.780. The van der Waals surface area contributed by atoms with Crippen molar-refractivity contribution in [1.82, 2.24) is 5.32 Å². The van der Waals surface area contributed by atoms with E-state index < -0.39 is 0 Å². The fourth-order valence-electron chi connectivity index (χ4n) is 2.50. The van der Waals surface area contributed by atoms with E-state index in [1.54, 1.807) is 0 Å². The van der Waals surface area contributed by atoms with E-state index in [0.717, 1.165) is 30.8 Å². The second-order valence-electron chi connectivity index (χ2n) is 3.97. The van der Waals surface area contributed by atoms with E-state index in [1.807, 2.05) is 0 Å². The van der Waals surface area contributed by atoms with Crippen LogP contribution in [0.3, 0.4) is 0 Å². The highest BCUT2D eigenvalue weighted by atomic mass is 16.3. The maximum absolute atomic E-state index is 8.60. The number of fused-ring (bicyclic) bond motifs is 2. The zero-order chi connectivity index (χ0) is 8.39. The summed E-state index contributed by atoms with van der Waals surface area (Å²) in [5.41, 5.74) is 0. The molecule has 0 aromatic heterocycles. The molecular weight excluding hydrogens is 150 g/mol. The lowest BCUT2D eigenvalue weighted by atomic mass is 9.94. The SMILES string of the molecule is OCCNC[C@@H]1C[C@H]2C=C[C@H]1C2. The van der Waals surface area contributed by atoms with Crippen LogP contribution in [-0.2, 0) is 0 Å². The van der Waals surface area contributed by atoms with Gasteiger partial charge in [-0.1, -0.05) is 12.2 Å². The predicted molar refractivity (Wildman–Crippen MR) is 48.8 cm³/mol. The fourth-order valence-corrected chi connectivity index (χ4v) is 2.50. The average Bonchev–Trinajstić information content (AvgIpc) is 2.65. The molecule has 0 amide bonds. The molecule has 2 aliphatic carbocycles. The highest BCUT2D eigenvalue weighted by Crippen LogP contribution is 2.42. The maximum Gasteiger partial charge on any atom is 0.0555 e. The van der Waals surface area contributed by atoms with Gasteiger partial charge in [-0.15, -0.1) is 0 Å². The van der Waals surface area contributed by atoms with E-state index in [1.165, 1.54) is 12.8 Å². The summed E-state index contributed by atoms with van der Waals surface area (Å²) in [6.07, 6.45) is 7.48. The molecule has 3 atom stereocenters. The Bertz CT molecular complexity index is 179. The number of hydrogen-bond acceptors (Lipinski definition) is 2. The first kappa shape index (κ1) is 8.27. The molecule has 0 heterocycles. The van der Waals surface area contributed by atoms with Gasteiger partial charge in [0.1, 0.15) is 0 Å². The van der Waals surface area contributed by atoms with Crippen LogP contribution < -0.4 is 5.32 Å². The van der Waals surface area contributed by atoms with Crippen LogP contribution in [0.2, 0.25) is 0 Å². The first-order valence-electron chi connectivity index (χ1n) is 4.90. The standard InChI is InChI=1S/C10H17NO/c12-4-3-11-7-10-6-8-1-2-9(10)5-8/h1-2,8-12H,3-7H2/t8-,9-,10-/m0/s1. The summed E-state index contributed by atoms with van der Waals surface area (Å²) in [6, 6.07) is 0. The number of rotatable bonds is 4. The first-order chi connectivity index (χ1) is 5.90. The van der Waals surface area contributed by atoms with Gasteiger partial charge in [0.25, 0.3) is 0 Å². The minimum atomic E-state index is 0.261. The van der Waals surface area contributed by atoms with E-state index in [2.05, 4.69) is 17.5 Å². The highest BCUT2D eigenvalue weighted by Gasteiger charge is 2.34. The van der Waals surface area contributed by atoms with Gasteiger partial charge in [0.15, 0.2) is 0 Å². The molecule has 0 saturated heterocycles. The molecule has 0 spiro atoms. The highest BCUT2D eigenvalue weighted by molar-refractivity contribution is 5.10. The van der Waals surface area contributed by atoms with Crippen LogP contribution in [0.4, 0.5) is 0 Å². The molecule has 1 saturated carbocycles. The van der Waals surface area contributed by atoms with Crippen LogP contribution in [0.5, 0.6) is 0 Å². The van der Waals surface area contributed by atoms with Crippen molar-refractivity contribution in [3.63, 3.8) is 0 Å². The molecule has 2 N–H and O–H groups in total. The van der Waals surface area contributed by atoms with Crippen LogP contribution in [0, 0.1) is 17.8 Å². The number of nitrogens with one attached hydrogen (secondary N) is 1. The Balaban J connectivity index is 1.73. The van der Waals surface area contributed by atoms with Crippen LogP contribution >= 0.6 is 0 Å². The van der Waals surface area contributed by atoms with Crippen molar-refractivity contribution in [2.24, 2.45) is 17.8 Å². The van der Waals surface area contributed by atoms with Crippen molar-refractivity contribution in [3.8, 4) is 0 Å². The number of allylic oxidation sites excluding steroid dienone is 2. The lowest BCUT2D eigenvalue weighted by Gasteiger charge is -2.17. The summed E-state index contributed by atoms with van der Waals surface area (Å²) in [7, 11) is 0. The zero-order valence-corrected chi connectivity index (χ0v) is 7.37. The van der Waals surface area contributed by atoms with Crippen molar-refractivity contribution in [2.75, 3.05) is 19.7 Å². The van der Waals surface area contributed by atoms with Crippen molar-refractivity contribution in [3.05, 3.63) is 12.2 Å². The van der Waals surface area contributed by atoms with Gasteiger partial charge in [-0.05, 0) is 37.1 Å². The number of hydrogen-bond donors (Lipinski definition) is 2. The molecule has 1 fully saturated rings. The molecule has 0 unspecified atom stereocenters. The van der Waals surface area contributed by atoms with Gasteiger partial charge >= 0.3 is 0 Å². The molecule has 68 valence electrons. The van der Waals surface area contributed by atoms with Gasteiger partial charge in [0.2, 0.25) is 0 Å². The van der Waals surface area contributed by atoms with Crippen molar-refractivity contribution >= 4 is 0 Å². The van der Waals surface area contributed by atoms with Crippen LogP contribution in [0.15, 0.2) is 12.2 Å². The quantitative estimate of drug-likeness (QED) is 0.479. The Labute approximate surface area is 73.7 Å². The van der Waals surface area contributed by atoms with Gasteiger partial charge in [-0.2, -0.15) is 0 Å². The second-order valence-corrected chi connectivity index (χ2v) is 3.97. The second kappa shape index (κ2) is 3.58. The minimum absolute atomic E-state index is 0.261. The maximum atomic E-state index is 8.60. The third-order valence-electron chi connectivity index (χ3n) is 3.11. The van der Waals surface area contributed by atoms with Crippen molar-refractivity contribution in [1.29, 1.82) is 0 Å². The summed E-state index contributed by atoms with van der Waals surface area (Å²) in [6.45, 7) is 2.10. The van der Waals surface area contributed by atoms with Gasteiger partial charge in [-0.3, -0.25) is 0 Å². The van der Waals surface area contributed by atoms with Gasteiger partial charge in [0.05, 0.1) is 6.61 Å². The van der Waals surface area contributed by atoms with Crippen LogP contribution in [-0.4, -0.2) is 24.8 Å². The largest absolute Gasteiger partial charge is 0.395 e. The molecule has 2 rings (SSSR count). The van der Waals surface area contributed by atoms with E-state index in [-0.39, 0.29) is 6.61 Å². The lowest BCUT2D eigenvalue weighted by Crippen LogP contribution is -2.27. The molecule has 2 bridgehead atoms. The van der Waals surface area contributed by atoms with Gasteiger partial charge in [0, 0.05) is 6.54 Å². The summed E-state index contributed by atoms with van der Waals surface area (Å²) in [5.74, 6) is 2.55. The van der Waals surface area contributed by atoms with E-state index >= 15 is 0 Å². The molecular formula is C10H17NO. The molecule has 0 radical (unpaired) electrons. The lowest BCUT2D eigenvalue weighted by molar-refractivity contribution is 0.284. The smallest absolute Gasteiger partial charge is 0.0555 e. The topological polar surface area (TPSA) is 32.3 Å². The monoisotopic (exact) mass is 167 g/mol. The molecule has 2 heteroatoms. The normalized spacial score (nSPS) is 37.9. The van der Waals surface area contributed by atoms with Crippen molar-refractivity contribution in [2.45, 2.75) is 12.8 Å². The summed E-state index contributed by atoms with van der Waals surface area (Å²) in [4.78, 5) is 0. The fraction of sp³-hybridized carbons (Fsp3) is 0.800. The van der Waals surface area contributed by atoms with Crippen LogP contribution in [0.1, 0.15) is 12.8 Å². The molecule has 12 heavy (non-hydrogen) atoms.